The summed E-state index contributed by atoms with van der Waals surface area (Å²) in [4.78, 5) is 29.3. The molecule has 5 rings (SSSR count). The zero-order valence-corrected chi connectivity index (χ0v) is 21.1. The van der Waals surface area contributed by atoms with Gasteiger partial charge in [-0.1, -0.05) is 23.2 Å². The van der Waals surface area contributed by atoms with Crippen molar-refractivity contribution in [2.24, 2.45) is 7.05 Å². The Morgan fingerprint density at radius 3 is 2.83 bits per heavy atom. The van der Waals surface area contributed by atoms with Crippen LogP contribution in [-0.4, -0.2) is 49.5 Å². The van der Waals surface area contributed by atoms with E-state index in [1.54, 1.807) is 23.8 Å². The quantitative estimate of drug-likeness (QED) is 0.420. The Hall–Kier alpha value is -2.69. The lowest BCUT2D eigenvalue weighted by atomic mass is 9.98. The number of rotatable bonds is 5. The molecule has 4 aromatic rings. The van der Waals surface area contributed by atoms with E-state index >= 15 is 0 Å². The van der Waals surface area contributed by atoms with Gasteiger partial charge in [-0.2, -0.15) is 5.10 Å². The van der Waals surface area contributed by atoms with Gasteiger partial charge in [0, 0.05) is 60.6 Å². The zero-order chi connectivity index (χ0) is 23.8. The lowest BCUT2D eigenvalue weighted by Crippen LogP contribution is -2.39. The lowest BCUT2D eigenvalue weighted by Gasteiger charge is -2.25. The molecule has 9 nitrogen and oxygen atoms in total. The number of morpholine rings is 1. The average molecular weight is 538 g/mol. The summed E-state index contributed by atoms with van der Waals surface area (Å²) < 4.78 is 10.1. The molecule has 1 atom stereocenters. The summed E-state index contributed by atoms with van der Waals surface area (Å²) in [6, 6.07) is 6.79. The number of halogens is 3. The van der Waals surface area contributed by atoms with Crippen molar-refractivity contribution in [2.75, 3.05) is 19.7 Å². The third-order valence-corrected chi connectivity index (χ3v) is 6.45. The van der Waals surface area contributed by atoms with E-state index in [1.807, 2.05) is 12.1 Å². The van der Waals surface area contributed by atoms with Crippen LogP contribution in [0, 0.1) is 0 Å². The Labute approximate surface area is 216 Å². The van der Waals surface area contributed by atoms with Crippen molar-refractivity contribution in [2.45, 2.75) is 19.1 Å². The van der Waals surface area contributed by atoms with Gasteiger partial charge in [0.05, 0.1) is 30.5 Å². The highest BCUT2D eigenvalue weighted by Gasteiger charge is 2.21. The second kappa shape index (κ2) is 10.5. The molecule has 0 spiro atoms. The first-order chi connectivity index (χ1) is 16.4. The van der Waals surface area contributed by atoms with Gasteiger partial charge in [0.2, 0.25) is 0 Å². The monoisotopic (exact) mass is 536 g/mol. The smallest absolute Gasteiger partial charge is 0.331 e. The van der Waals surface area contributed by atoms with Crippen LogP contribution in [-0.2, 0) is 24.8 Å². The topological polar surface area (TPSA) is 95.4 Å². The van der Waals surface area contributed by atoms with E-state index in [4.69, 9.17) is 27.9 Å². The van der Waals surface area contributed by atoms with Crippen molar-refractivity contribution < 1.29 is 4.74 Å². The highest BCUT2D eigenvalue weighted by atomic mass is 35.5. The minimum Gasteiger partial charge on any atom is -0.375 e. The Balaban J connectivity index is 0.00000289. The van der Waals surface area contributed by atoms with Gasteiger partial charge in [-0.25, -0.2) is 14.3 Å². The van der Waals surface area contributed by atoms with Gasteiger partial charge in [-0.15, -0.1) is 12.4 Å². The third kappa shape index (κ3) is 5.14. The summed E-state index contributed by atoms with van der Waals surface area (Å²) in [7, 11) is 1.61. The SMILES string of the molecule is Cl.Cn1ccc(=O)n(Cc2cc3c(-c4cc(Cl)cc(Cl)c4CC4CNCCO4)ncnn3c2)c1=O. The van der Waals surface area contributed by atoms with Crippen LogP contribution in [0.15, 0.2) is 52.6 Å². The predicted octanol–water partition coefficient (Wildman–Crippen LogP) is 2.56. The second-order valence-corrected chi connectivity index (χ2v) is 9.08. The van der Waals surface area contributed by atoms with Crippen molar-refractivity contribution in [1.82, 2.24) is 29.0 Å². The normalized spacial score (nSPS) is 15.8. The molecule has 4 heterocycles. The molecule has 184 valence electrons. The fourth-order valence-corrected chi connectivity index (χ4v) is 4.79. The first kappa shape index (κ1) is 25.4. The van der Waals surface area contributed by atoms with Crippen LogP contribution < -0.4 is 16.6 Å². The largest absolute Gasteiger partial charge is 0.375 e. The van der Waals surface area contributed by atoms with Gasteiger partial charge in [0.15, 0.2) is 0 Å². The van der Waals surface area contributed by atoms with E-state index in [-0.39, 0.29) is 36.3 Å². The van der Waals surface area contributed by atoms with Gasteiger partial charge in [0.25, 0.3) is 5.56 Å². The maximum absolute atomic E-state index is 12.5. The van der Waals surface area contributed by atoms with Crippen LogP contribution in [0.4, 0.5) is 0 Å². The Bertz CT molecular complexity index is 1490. The number of benzene rings is 1. The zero-order valence-electron chi connectivity index (χ0n) is 18.8. The average Bonchev–Trinajstić information content (AvgIpc) is 3.24. The van der Waals surface area contributed by atoms with Gasteiger partial charge in [-0.3, -0.25) is 9.36 Å². The van der Waals surface area contributed by atoms with Crippen molar-refractivity contribution in [3.05, 3.63) is 85.0 Å². The molecule has 1 fully saturated rings. The summed E-state index contributed by atoms with van der Waals surface area (Å²) in [6.45, 7) is 2.31. The molecule has 1 aromatic carbocycles. The van der Waals surface area contributed by atoms with E-state index in [0.717, 1.165) is 29.8 Å². The molecule has 1 N–H and O–H groups in total. The number of ether oxygens (including phenoxy) is 1. The molecule has 0 aliphatic carbocycles. The highest BCUT2D eigenvalue weighted by molar-refractivity contribution is 6.35. The summed E-state index contributed by atoms with van der Waals surface area (Å²) in [5.74, 6) is 0. The van der Waals surface area contributed by atoms with E-state index in [2.05, 4.69) is 15.4 Å². The maximum Gasteiger partial charge on any atom is 0.331 e. The number of hydrogen-bond donors (Lipinski definition) is 1. The van der Waals surface area contributed by atoms with Gasteiger partial charge in [0.1, 0.15) is 6.33 Å². The Morgan fingerprint density at radius 1 is 1.23 bits per heavy atom. The number of hydrogen-bond acceptors (Lipinski definition) is 6. The molecule has 12 heteroatoms. The molecular formula is C23H23Cl3N6O3. The molecule has 0 amide bonds. The van der Waals surface area contributed by atoms with Crippen LogP contribution in [0.2, 0.25) is 10.0 Å². The van der Waals surface area contributed by atoms with Gasteiger partial charge >= 0.3 is 5.69 Å². The first-order valence-electron chi connectivity index (χ1n) is 10.8. The first-order valence-corrected chi connectivity index (χ1v) is 11.6. The van der Waals surface area contributed by atoms with Crippen LogP contribution in [0.1, 0.15) is 11.1 Å². The van der Waals surface area contributed by atoms with Crippen molar-refractivity contribution >= 4 is 41.1 Å². The minimum absolute atomic E-state index is 0. The number of aryl methyl sites for hydroxylation is 1. The van der Waals surface area contributed by atoms with Crippen molar-refractivity contribution in [3.63, 3.8) is 0 Å². The predicted molar refractivity (Wildman–Crippen MR) is 137 cm³/mol. The molecular weight excluding hydrogens is 515 g/mol. The van der Waals surface area contributed by atoms with Crippen molar-refractivity contribution in [1.29, 1.82) is 0 Å². The summed E-state index contributed by atoms with van der Waals surface area (Å²) in [6.07, 6.45) is 5.26. The minimum atomic E-state index is -0.390. The number of fused-ring (bicyclic) bond motifs is 1. The maximum atomic E-state index is 12.5. The molecule has 1 saturated heterocycles. The fourth-order valence-electron chi connectivity index (χ4n) is 4.22. The molecule has 1 unspecified atom stereocenters. The lowest BCUT2D eigenvalue weighted by molar-refractivity contribution is 0.0293. The Kier molecular flexibility index (Phi) is 7.63. The van der Waals surface area contributed by atoms with E-state index in [0.29, 0.717) is 34.3 Å². The van der Waals surface area contributed by atoms with E-state index in [9.17, 15) is 9.59 Å². The highest BCUT2D eigenvalue weighted by Crippen LogP contribution is 2.35. The van der Waals surface area contributed by atoms with Crippen molar-refractivity contribution in [3.8, 4) is 11.3 Å². The molecule has 0 saturated carbocycles. The fraction of sp³-hybridized carbons (Fsp3) is 0.304. The molecule has 1 aliphatic rings. The van der Waals surface area contributed by atoms with Crippen LogP contribution in [0.25, 0.3) is 16.8 Å². The second-order valence-electron chi connectivity index (χ2n) is 8.24. The third-order valence-electron chi connectivity index (χ3n) is 5.89. The van der Waals surface area contributed by atoms with Gasteiger partial charge in [-0.05, 0) is 29.3 Å². The molecule has 0 radical (unpaired) electrons. The number of aromatic nitrogens is 5. The number of nitrogens with zero attached hydrogens (tertiary/aromatic N) is 5. The Morgan fingerprint density at radius 2 is 2.06 bits per heavy atom. The number of nitrogens with one attached hydrogen (secondary N) is 1. The summed E-state index contributed by atoms with van der Waals surface area (Å²) in [5, 5.41) is 8.69. The molecule has 1 aliphatic heterocycles. The molecule has 0 bridgehead atoms. The standard InChI is InChI=1S/C23H22Cl2N6O3.ClH/c1-29-4-2-21(32)30(23(29)33)11-14-6-20-22(27-13-28-31(20)12-14)18-7-15(24)8-19(25)17(18)9-16-10-26-3-5-34-16;/h2,4,6-8,12-13,16,26H,3,5,9-11H2,1H3;1H. The van der Waals surface area contributed by atoms with Crippen LogP contribution in [0.3, 0.4) is 0 Å². The van der Waals surface area contributed by atoms with E-state index in [1.165, 1.54) is 27.7 Å². The van der Waals surface area contributed by atoms with Gasteiger partial charge < -0.3 is 14.6 Å². The van der Waals surface area contributed by atoms with Crippen LogP contribution in [0.5, 0.6) is 0 Å². The molecule has 3 aromatic heterocycles. The summed E-state index contributed by atoms with van der Waals surface area (Å²) >= 11 is 13.0. The van der Waals surface area contributed by atoms with E-state index < -0.39 is 0 Å². The van der Waals surface area contributed by atoms with Crippen LogP contribution >= 0.6 is 35.6 Å². The summed E-state index contributed by atoms with van der Waals surface area (Å²) in [5.41, 5.74) is 3.02. The molecule has 35 heavy (non-hydrogen) atoms.